The summed E-state index contributed by atoms with van der Waals surface area (Å²) in [5, 5.41) is 3.06. The highest BCUT2D eigenvalue weighted by atomic mass is 19.1. The molecule has 1 N–H and O–H groups in total. The molecular weight excluding hydrogens is 341 g/mol. The topological polar surface area (TPSA) is 38.3 Å². The van der Waals surface area contributed by atoms with Gasteiger partial charge in [0.25, 0.3) is 5.91 Å². The van der Waals surface area contributed by atoms with Crippen LogP contribution in [0.25, 0.3) is 0 Å². The molecule has 0 radical (unpaired) electrons. The SMILES string of the molecule is Cc1ccc([C@@H](NC(=O)[C@H](C)Oc2ccc(F)cc2)c2ccccc2)cc1. The first-order chi connectivity index (χ1) is 13.0. The van der Waals surface area contributed by atoms with Crippen molar-refractivity contribution in [2.45, 2.75) is 26.0 Å². The van der Waals surface area contributed by atoms with Crippen LogP contribution in [0, 0.1) is 12.7 Å². The van der Waals surface area contributed by atoms with Crippen LogP contribution in [0.3, 0.4) is 0 Å². The highest BCUT2D eigenvalue weighted by molar-refractivity contribution is 5.81. The van der Waals surface area contributed by atoms with Gasteiger partial charge in [-0.25, -0.2) is 4.39 Å². The Balaban J connectivity index is 1.77. The van der Waals surface area contributed by atoms with Crippen molar-refractivity contribution in [2.24, 2.45) is 0 Å². The van der Waals surface area contributed by atoms with E-state index in [4.69, 9.17) is 4.74 Å². The Labute approximate surface area is 158 Å². The summed E-state index contributed by atoms with van der Waals surface area (Å²) in [6.45, 7) is 3.70. The van der Waals surface area contributed by atoms with Crippen LogP contribution in [0.2, 0.25) is 0 Å². The third-order valence-electron chi connectivity index (χ3n) is 4.33. The molecule has 0 fully saturated rings. The number of benzene rings is 3. The fourth-order valence-electron chi connectivity index (χ4n) is 2.79. The number of ether oxygens (including phenoxy) is 1. The van der Waals surface area contributed by atoms with Gasteiger partial charge in [0.15, 0.2) is 6.10 Å². The highest BCUT2D eigenvalue weighted by Gasteiger charge is 2.21. The van der Waals surface area contributed by atoms with E-state index in [1.54, 1.807) is 6.92 Å². The maximum Gasteiger partial charge on any atom is 0.261 e. The number of hydrogen-bond donors (Lipinski definition) is 1. The predicted octanol–water partition coefficient (Wildman–Crippen LogP) is 4.81. The third kappa shape index (κ3) is 4.94. The molecule has 0 aliphatic carbocycles. The van der Waals surface area contributed by atoms with Crippen molar-refractivity contribution >= 4 is 5.91 Å². The van der Waals surface area contributed by atoms with Gasteiger partial charge in [-0.15, -0.1) is 0 Å². The Kier molecular flexibility index (Phi) is 5.87. The smallest absolute Gasteiger partial charge is 0.261 e. The quantitative estimate of drug-likeness (QED) is 0.683. The van der Waals surface area contributed by atoms with Gasteiger partial charge >= 0.3 is 0 Å². The molecule has 0 unspecified atom stereocenters. The fraction of sp³-hybridized carbons (Fsp3) is 0.174. The highest BCUT2D eigenvalue weighted by Crippen LogP contribution is 2.23. The summed E-state index contributed by atoms with van der Waals surface area (Å²) in [5.74, 6) is -0.137. The standard InChI is InChI=1S/C23H22FNO2/c1-16-8-10-19(11-9-16)22(18-6-4-3-5-7-18)25-23(26)17(2)27-21-14-12-20(24)13-15-21/h3-15,17,22H,1-2H3,(H,25,26)/t17-,22-/m0/s1. The van der Waals surface area contributed by atoms with Gasteiger partial charge in [0.2, 0.25) is 0 Å². The number of amides is 1. The van der Waals surface area contributed by atoms with Crippen LogP contribution >= 0.6 is 0 Å². The zero-order valence-electron chi connectivity index (χ0n) is 15.4. The van der Waals surface area contributed by atoms with E-state index in [0.717, 1.165) is 16.7 Å². The van der Waals surface area contributed by atoms with Crippen LogP contribution in [0.15, 0.2) is 78.9 Å². The number of aryl methyl sites for hydroxylation is 1. The lowest BCUT2D eigenvalue weighted by molar-refractivity contribution is -0.127. The lowest BCUT2D eigenvalue weighted by Crippen LogP contribution is -2.39. The average Bonchev–Trinajstić information content (AvgIpc) is 2.69. The van der Waals surface area contributed by atoms with Gasteiger partial charge in [0.1, 0.15) is 11.6 Å². The molecule has 0 aromatic heterocycles. The van der Waals surface area contributed by atoms with Gasteiger partial charge in [-0.2, -0.15) is 0 Å². The van der Waals surface area contributed by atoms with Gasteiger partial charge in [0.05, 0.1) is 6.04 Å². The van der Waals surface area contributed by atoms with Gasteiger partial charge in [-0.3, -0.25) is 4.79 Å². The molecule has 3 nitrogen and oxygen atoms in total. The van der Waals surface area contributed by atoms with Crippen LogP contribution in [0.4, 0.5) is 4.39 Å². The summed E-state index contributed by atoms with van der Waals surface area (Å²) in [7, 11) is 0. The summed E-state index contributed by atoms with van der Waals surface area (Å²) in [4.78, 5) is 12.7. The second kappa shape index (κ2) is 8.49. The zero-order chi connectivity index (χ0) is 19.2. The molecule has 27 heavy (non-hydrogen) atoms. The van der Waals surface area contributed by atoms with Crippen LogP contribution in [0.5, 0.6) is 5.75 Å². The van der Waals surface area contributed by atoms with Crippen LogP contribution < -0.4 is 10.1 Å². The van der Waals surface area contributed by atoms with Crippen molar-refractivity contribution in [3.8, 4) is 5.75 Å². The largest absolute Gasteiger partial charge is 0.481 e. The minimum atomic E-state index is -0.716. The molecule has 0 spiro atoms. The van der Waals surface area contributed by atoms with Crippen molar-refractivity contribution in [3.63, 3.8) is 0 Å². The Morgan fingerprint density at radius 3 is 2.11 bits per heavy atom. The van der Waals surface area contributed by atoms with Crippen molar-refractivity contribution < 1.29 is 13.9 Å². The third-order valence-corrected chi connectivity index (χ3v) is 4.33. The molecule has 0 aliphatic rings. The minimum absolute atomic E-state index is 0.242. The van der Waals surface area contributed by atoms with Crippen molar-refractivity contribution in [1.29, 1.82) is 0 Å². The van der Waals surface area contributed by atoms with E-state index in [1.165, 1.54) is 24.3 Å². The maximum absolute atomic E-state index is 13.0. The summed E-state index contributed by atoms with van der Waals surface area (Å²) in [5.41, 5.74) is 3.14. The second-order valence-electron chi connectivity index (χ2n) is 6.48. The van der Waals surface area contributed by atoms with Crippen LogP contribution in [-0.2, 0) is 4.79 Å². The van der Waals surface area contributed by atoms with Crippen LogP contribution in [-0.4, -0.2) is 12.0 Å². The Hall–Kier alpha value is -3.14. The zero-order valence-corrected chi connectivity index (χ0v) is 15.4. The molecule has 0 bridgehead atoms. The number of nitrogens with one attached hydrogen (secondary N) is 1. The van der Waals surface area contributed by atoms with Crippen molar-refractivity contribution in [2.75, 3.05) is 0 Å². The Bertz CT molecular complexity index is 877. The molecule has 0 saturated heterocycles. The molecule has 0 saturated carbocycles. The first-order valence-corrected chi connectivity index (χ1v) is 8.87. The van der Waals surface area contributed by atoms with E-state index in [1.807, 2.05) is 61.5 Å². The Morgan fingerprint density at radius 2 is 1.48 bits per heavy atom. The van der Waals surface area contributed by atoms with Crippen molar-refractivity contribution in [3.05, 3.63) is 101 Å². The fourth-order valence-corrected chi connectivity index (χ4v) is 2.79. The normalized spacial score (nSPS) is 12.9. The van der Waals surface area contributed by atoms with Gasteiger partial charge in [0, 0.05) is 0 Å². The van der Waals surface area contributed by atoms with Crippen LogP contribution in [0.1, 0.15) is 29.7 Å². The number of halogens is 1. The summed E-state index contributed by atoms with van der Waals surface area (Å²) in [6.07, 6.45) is -0.716. The first-order valence-electron chi connectivity index (χ1n) is 8.87. The van der Waals surface area contributed by atoms with E-state index >= 15 is 0 Å². The summed E-state index contributed by atoms with van der Waals surface area (Å²) >= 11 is 0. The molecule has 138 valence electrons. The maximum atomic E-state index is 13.0. The van der Waals surface area contributed by atoms with E-state index in [2.05, 4.69) is 5.32 Å². The monoisotopic (exact) mass is 363 g/mol. The number of carbonyl (C=O) groups excluding carboxylic acids is 1. The molecule has 0 aliphatic heterocycles. The molecule has 3 aromatic carbocycles. The molecule has 3 rings (SSSR count). The molecule has 1 amide bonds. The predicted molar refractivity (Wildman–Crippen MR) is 104 cm³/mol. The van der Waals surface area contributed by atoms with Gasteiger partial charge in [-0.1, -0.05) is 60.2 Å². The number of hydrogen-bond acceptors (Lipinski definition) is 2. The van der Waals surface area contributed by atoms with E-state index < -0.39 is 6.10 Å². The van der Waals surface area contributed by atoms with Gasteiger partial charge < -0.3 is 10.1 Å². The minimum Gasteiger partial charge on any atom is -0.481 e. The number of carbonyl (C=O) groups is 1. The molecule has 4 heteroatoms. The Morgan fingerprint density at radius 1 is 0.889 bits per heavy atom. The molecule has 0 heterocycles. The molecule has 2 atom stereocenters. The first kappa shape index (κ1) is 18.6. The van der Waals surface area contributed by atoms with E-state index in [0.29, 0.717) is 5.75 Å². The second-order valence-corrected chi connectivity index (χ2v) is 6.48. The van der Waals surface area contributed by atoms with E-state index in [9.17, 15) is 9.18 Å². The molecular formula is C23H22FNO2. The summed E-state index contributed by atoms with van der Waals surface area (Å²) < 4.78 is 18.7. The molecule has 3 aromatic rings. The van der Waals surface area contributed by atoms with Gasteiger partial charge in [-0.05, 0) is 49.2 Å². The van der Waals surface area contributed by atoms with E-state index in [-0.39, 0.29) is 17.8 Å². The lowest BCUT2D eigenvalue weighted by atomic mass is 9.97. The average molecular weight is 363 g/mol. The number of rotatable bonds is 6. The van der Waals surface area contributed by atoms with Crippen molar-refractivity contribution in [1.82, 2.24) is 5.32 Å². The summed E-state index contributed by atoms with van der Waals surface area (Å²) in [6, 6.07) is 23.2. The lowest BCUT2D eigenvalue weighted by Gasteiger charge is -2.23.